The minimum atomic E-state index is -1.10. The van der Waals surface area contributed by atoms with Crippen LogP contribution in [-0.2, 0) is 0 Å². The van der Waals surface area contributed by atoms with Gasteiger partial charge in [0.25, 0.3) is 6.19 Å². The Kier molecular flexibility index (Phi) is 1.93. The summed E-state index contributed by atoms with van der Waals surface area (Å²) in [4.78, 5) is 9.46. The molecule has 0 aromatic rings. The van der Waals surface area contributed by atoms with Crippen LogP contribution >= 0.6 is 0 Å². The molecule has 7 heteroatoms. The van der Waals surface area contributed by atoms with Gasteiger partial charge >= 0.3 is 0 Å². The van der Waals surface area contributed by atoms with Crippen LogP contribution in [0.15, 0.2) is 5.22 Å². The van der Waals surface area contributed by atoms with Gasteiger partial charge in [-0.3, -0.25) is 0 Å². The molecule has 0 aromatic heterocycles. The monoisotopic (exact) mass is 115 g/mol. The molecular weight excluding hydrogens is 114 g/mol. The van der Waals surface area contributed by atoms with E-state index in [0.29, 0.717) is 0 Å². The van der Waals surface area contributed by atoms with Crippen LogP contribution in [0.4, 0.5) is 0 Å². The standard InChI is InChI=1S/CHN5O2/c2-1-5(4-3)6(7)8/h3H. The van der Waals surface area contributed by atoms with E-state index in [-0.39, 0.29) is 5.12 Å². The number of hydrogen-bond acceptors (Lipinski definition) is 5. The first kappa shape index (κ1) is 6.29. The smallest absolute Gasteiger partial charge is 0.276 e. The zero-order valence-electron chi connectivity index (χ0n) is 3.61. The highest BCUT2D eigenvalue weighted by Crippen LogP contribution is 1.81. The SMILES string of the molecule is N#CN(N=N)[N+](=O)[O-]. The summed E-state index contributed by atoms with van der Waals surface area (Å²) in [6.45, 7) is 0. The van der Waals surface area contributed by atoms with Crippen molar-refractivity contribution in [2.75, 3.05) is 0 Å². The third-order valence-corrected chi connectivity index (χ3v) is 0.339. The van der Waals surface area contributed by atoms with E-state index in [4.69, 9.17) is 10.8 Å². The van der Waals surface area contributed by atoms with Gasteiger partial charge < -0.3 is 10.1 Å². The molecule has 0 aromatic carbocycles. The topological polar surface area (TPSA) is 106 Å². The summed E-state index contributed by atoms with van der Waals surface area (Å²) in [5, 5.41) is 18.0. The molecule has 0 rings (SSSR count). The molecule has 42 valence electrons. The van der Waals surface area contributed by atoms with Gasteiger partial charge in [0.05, 0.1) is 5.03 Å². The average molecular weight is 115 g/mol. The lowest BCUT2D eigenvalue weighted by Gasteiger charge is -1.90. The summed E-state index contributed by atoms with van der Waals surface area (Å²) in [6.07, 6.45) is 1.03. The summed E-state index contributed by atoms with van der Waals surface area (Å²) in [6, 6.07) is 0. The molecule has 0 unspecified atom stereocenters. The maximum absolute atomic E-state index is 9.46. The number of nitriles is 1. The molecule has 0 spiro atoms. The lowest BCUT2D eigenvalue weighted by molar-refractivity contribution is -0.639. The Morgan fingerprint density at radius 1 is 2.00 bits per heavy atom. The highest BCUT2D eigenvalue weighted by molar-refractivity contribution is 4.55. The largest absolute Gasteiger partial charge is 0.338 e. The Bertz CT molecular complexity index is 145. The van der Waals surface area contributed by atoms with E-state index in [9.17, 15) is 10.1 Å². The molecule has 0 aliphatic carbocycles. The quantitative estimate of drug-likeness (QED) is 0.178. The first-order valence-corrected chi connectivity index (χ1v) is 1.44. The lowest BCUT2D eigenvalue weighted by Crippen LogP contribution is -2.16. The van der Waals surface area contributed by atoms with Crippen LogP contribution in [0, 0.1) is 27.1 Å². The van der Waals surface area contributed by atoms with Crippen LogP contribution in [0.2, 0.25) is 0 Å². The van der Waals surface area contributed by atoms with Crippen molar-refractivity contribution in [3.05, 3.63) is 10.1 Å². The molecule has 0 atom stereocenters. The van der Waals surface area contributed by atoms with E-state index in [1.54, 1.807) is 0 Å². The third kappa shape index (κ3) is 1.17. The van der Waals surface area contributed by atoms with E-state index in [0.717, 1.165) is 6.19 Å². The van der Waals surface area contributed by atoms with E-state index in [2.05, 4.69) is 5.22 Å². The first-order chi connectivity index (χ1) is 3.72. The number of hydrazine groups is 1. The summed E-state index contributed by atoms with van der Waals surface area (Å²) >= 11 is 0. The van der Waals surface area contributed by atoms with Gasteiger partial charge in [0.15, 0.2) is 5.22 Å². The fourth-order valence-corrected chi connectivity index (χ4v) is 0.0954. The summed E-state index contributed by atoms with van der Waals surface area (Å²) < 4.78 is 0. The Morgan fingerprint density at radius 2 is 2.50 bits per heavy atom. The van der Waals surface area contributed by atoms with Gasteiger partial charge in [-0.1, -0.05) is 5.53 Å². The van der Waals surface area contributed by atoms with Gasteiger partial charge in [0.2, 0.25) is 0 Å². The van der Waals surface area contributed by atoms with Gasteiger partial charge in [-0.15, -0.1) is 0 Å². The van der Waals surface area contributed by atoms with Gasteiger partial charge in [-0.25, -0.2) is 0 Å². The van der Waals surface area contributed by atoms with Gasteiger partial charge in [-0.05, 0) is 0 Å². The van der Waals surface area contributed by atoms with Crippen LogP contribution in [0.3, 0.4) is 0 Å². The molecule has 0 heterocycles. The number of nitrogens with zero attached hydrogens (tertiary/aromatic N) is 4. The molecule has 0 aliphatic rings. The fraction of sp³-hybridized carbons (Fsp3) is 0. The number of nitrogens with one attached hydrogen (secondary N) is 1. The van der Waals surface area contributed by atoms with Crippen LogP contribution in [0.5, 0.6) is 0 Å². The van der Waals surface area contributed by atoms with Crippen molar-refractivity contribution in [2.24, 2.45) is 5.22 Å². The lowest BCUT2D eigenvalue weighted by atomic mass is 11.3. The van der Waals surface area contributed by atoms with Crippen molar-refractivity contribution in [3.8, 4) is 6.19 Å². The minimum absolute atomic E-state index is 0.264. The van der Waals surface area contributed by atoms with Crippen LogP contribution < -0.4 is 0 Å². The second-order valence-electron chi connectivity index (χ2n) is 0.727. The summed E-state index contributed by atoms with van der Waals surface area (Å²) in [5.74, 6) is 0. The normalized spacial score (nSPS) is 6.88. The van der Waals surface area contributed by atoms with Crippen LogP contribution in [0.1, 0.15) is 0 Å². The van der Waals surface area contributed by atoms with Crippen molar-refractivity contribution in [3.63, 3.8) is 0 Å². The number of nitro groups is 1. The average Bonchev–Trinajstić information content (AvgIpc) is 1.69. The Morgan fingerprint density at radius 3 is 2.50 bits per heavy atom. The molecular formula is CHN5O2. The van der Waals surface area contributed by atoms with E-state index in [1.807, 2.05) is 0 Å². The van der Waals surface area contributed by atoms with Crippen molar-refractivity contribution < 1.29 is 5.03 Å². The minimum Gasteiger partial charge on any atom is -0.338 e. The summed E-state index contributed by atoms with van der Waals surface area (Å²) in [5.41, 5.74) is 5.98. The third-order valence-electron chi connectivity index (χ3n) is 0.339. The molecule has 0 aliphatic heterocycles. The second kappa shape index (κ2) is 2.46. The highest BCUT2D eigenvalue weighted by Gasteiger charge is 2.07. The Hall–Kier alpha value is -1.71. The van der Waals surface area contributed by atoms with Crippen LogP contribution in [0.25, 0.3) is 0 Å². The zero-order chi connectivity index (χ0) is 6.57. The molecule has 0 radical (unpaired) electrons. The van der Waals surface area contributed by atoms with Gasteiger partial charge in [0.1, 0.15) is 5.12 Å². The van der Waals surface area contributed by atoms with Crippen molar-refractivity contribution in [1.82, 2.24) is 5.12 Å². The predicted octanol–water partition coefficient (Wildman–Crippen LogP) is -0.0929. The maximum atomic E-state index is 9.46. The molecule has 7 nitrogen and oxygen atoms in total. The zero-order valence-corrected chi connectivity index (χ0v) is 3.61. The van der Waals surface area contributed by atoms with Crippen molar-refractivity contribution in [1.29, 1.82) is 10.8 Å². The van der Waals surface area contributed by atoms with E-state index in [1.165, 1.54) is 0 Å². The Balaban J connectivity index is 3.95. The number of rotatable bonds is 2. The Labute approximate surface area is 43.7 Å². The molecule has 8 heavy (non-hydrogen) atoms. The fourth-order valence-electron chi connectivity index (χ4n) is 0.0954. The maximum Gasteiger partial charge on any atom is 0.276 e. The summed E-state index contributed by atoms with van der Waals surface area (Å²) in [7, 11) is 0. The van der Waals surface area contributed by atoms with E-state index < -0.39 is 5.03 Å². The number of hydrogen-bond donors (Lipinski definition) is 1. The predicted molar refractivity (Wildman–Crippen MR) is 19.6 cm³/mol. The molecule has 0 fully saturated rings. The van der Waals surface area contributed by atoms with Crippen molar-refractivity contribution >= 4 is 0 Å². The van der Waals surface area contributed by atoms with Gasteiger partial charge in [-0.2, -0.15) is 5.26 Å². The molecule has 0 saturated carbocycles. The molecule has 1 N–H and O–H groups in total. The highest BCUT2D eigenvalue weighted by atomic mass is 16.7. The van der Waals surface area contributed by atoms with E-state index >= 15 is 0 Å². The molecule has 0 bridgehead atoms. The van der Waals surface area contributed by atoms with Crippen molar-refractivity contribution in [2.45, 2.75) is 0 Å². The second-order valence-corrected chi connectivity index (χ2v) is 0.727. The van der Waals surface area contributed by atoms with Gasteiger partial charge in [0, 0.05) is 0 Å². The molecule has 0 saturated heterocycles. The molecule has 0 amide bonds. The van der Waals surface area contributed by atoms with Crippen LogP contribution in [-0.4, -0.2) is 10.2 Å². The first-order valence-electron chi connectivity index (χ1n) is 1.44.